The van der Waals surface area contributed by atoms with Gasteiger partial charge in [0, 0.05) is 12.6 Å². The number of ether oxygens (including phenoxy) is 1. The van der Waals surface area contributed by atoms with Crippen LogP contribution in [0.2, 0.25) is 0 Å². The Hall–Kier alpha value is -0.120. The van der Waals surface area contributed by atoms with Gasteiger partial charge in [-0.2, -0.15) is 0 Å². The van der Waals surface area contributed by atoms with Gasteiger partial charge in [-0.25, -0.2) is 0 Å². The Morgan fingerprint density at radius 2 is 1.56 bits per heavy atom. The molecule has 0 aromatic carbocycles. The Morgan fingerprint density at radius 3 is 2.22 bits per heavy atom. The molecule has 2 N–H and O–H groups in total. The van der Waals surface area contributed by atoms with Crippen molar-refractivity contribution in [1.29, 1.82) is 0 Å². The van der Waals surface area contributed by atoms with Crippen LogP contribution in [-0.4, -0.2) is 36.5 Å². The van der Waals surface area contributed by atoms with Crippen LogP contribution < -0.4 is 5.32 Å². The van der Waals surface area contributed by atoms with E-state index in [0.717, 1.165) is 0 Å². The summed E-state index contributed by atoms with van der Waals surface area (Å²) in [4.78, 5) is 0. The van der Waals surface area contributed by atoms with E-state index in [1.807, 2.05) is 0 Å². The minimum atomic E-state index is -0.339. The van der Waals surface area contributed by atoms with Gasteiger partial charge in [0.15, 0.2) is 0 Å². The van der Waals surface area contributed by atoms with Gasteiger partial charge in [0.2, 0.25) is 0 Å². The molecule has 18 heavy (non-hydrogen) atoms. The third kappa shape index (κ3) is 5.25. The topological polar surface area (TPSA) is 41.5 Å². The molecule has 1 atom stereocenters. The molecule has 0 aliphatic heterocycles. The van der Waals surface area contributed by atoms with Crippen molar-refractivity contribution in [2.24, 2.45) is 0 Å². The van der Waals surface area contributed by atoms with Crippen LogP contribution >= 0.6 is 0 Å². The summed E-state index contributed by atoms with van der Waals surface area (Å²) in [5, 5.41) is 13.4. The van der Waals surface area contributed by atoms with E-state index in [1.54, 1.807) is 0 Å². The van der Waals surface area contributed by atoms with Gasteiger partial charge < -0.3 is 15.2 Å². The summed E-state index contributed by atoms with van der Waals surface area (Å²) < 4.78 is 5.79. The first kappa shape index (κ1) is 14.3. The predicted octanol–water partition coefficient (Wildman–Crippen LogP) is 2.62. The molecule has 2 saturated carbocycles. The third-order valence-corrected chi connectivity index (χ3v) is 4.32. The van der Waals surface area contributed by atoms with Gasteiger partial charge in [-0.3, -0.25) is 0 Å². The normalized spacial score (nSPS) is 25.2. The average molecular weight is 255 g/mol. The van der Waals surface area contributed by atoms with E-state index >= 15 is 0 Å². The van der Waals surface area contributed by atoms with E-state index < -0.39 is 0 Å². The second-order valence-electron chi connectivity index (χ2n) is 5.99. The van der Waals surface area contributed by atoms with Crippen molar-refractivity contribution in [3.63, 3.8) is 0 Å². The van der Waals surface area contributed by atoms with Crippen molar-refractivity contribution in [3.8, 4) is 0 Å². The minimum Gasteiger partial charge on any atom is -0.389 e. The zero-order chi connectivity index (χ0) is 12.6. The van der Waals surface area contributed by atoms with Crippen molar-refractivity contribution in [2.75, 3.05) is 13.2 Å². The second kappa shape index (κ2) is 8.13. The lowest BCUT2D eigenvalue weighted by Crippen LogP contribution is -2.39. The number of hydrogen-bond acceptors (Lipinski definition) is 3. The molecule has 0 amide bonds. The number of aliphatic hydroxyl groups excluding tert-OH is 1. The van der Waals surface area contributed by atoms with E-state index in [9.17, 15) is 5.11 Å². The summed E-state index contributed by atoms with van der Waals surface area (Å²) in [6.07, 6.45) is 13.0. The van der Waals surface area contributed by atoms with Crippen LogP contribution in [0.4, 0.5) is 0 Å². The molecule has 0 heterocycles. The maximum absolute atomic E-state index is 9.92. The second-order valence-corrected chi connectivity index (χ2v) is 5.99. The van der Waals surface area contributed by atoms with Crippen LogP contribution in [0.5, 0.6) is 0 Å². The zero-order valence-electron chi connectivity index (χ0n) is 11.6. The largest absolute Gasteiger partial charge is 0.389 e. The van der Waals surface area contributed by atoms with Crippen LogP contribution in [0.25, 0.3) is 0 Å². The molecule has 2 aliphatic rings. The van der Waals surface area contributed by atoms with E-state index in [2.05, 4.69) is 5.32 Å². The number of aliphatic hydroxyl groups is 1. The van der Waals surface area contributed by atoms with Gasteiger partial charge >= 0.3 is 0 Å². The molecule has 2 fully saturated rings. The fourth-order valence-electron chi connectivity index (χ4n) is 3.15. The molecule has 0 aromatic rings. The molecule has 1 unspecified atom stereocenters. The van der Waals surface area contributed by atoms with E-state index in [4.69, 9.17) is 4.74 Å². The lowest BCUT2D eigenvalue weighted by Gasteiger charge is -2.26. The Morgan fingerprint density at radius 1 is 0.944 bits per heavy atom. The highest BCUT2D eigenvalue weighted by Gasteiger charge is 2.17. The monoisotopic (exact) mass is 255 g/mol. The molecule has 3 heteroatoms. The van der Waals surface area contributed by atoms with Gasteiger partial charge in [0.05, 0.1) is 18.8 Å². The van der Waals surface area contributed by atoms with E-state index in [-0.39, 0.29) is 6.10 Å². The highest BCUT2D eigenvalue weighted by atomic mass is 16.5. The Bertz CT molecular complexity index is 189. The summed E-state index contributed by atoms with van der Waals surface area (Å²) in [5.41, 5.74) is 0. The van der Waals surface area contributed by atoms with Gasteiger partial charge in [0.1, 0.15) is 0 Å². The fraction of sp³-hybridized carbons (Fsp3) is 1.00. The first-order chi connectivity index (χ1) is 8.84. The summed E-state index contributed by atoms with van der Waals surface area (Å²) >= 11 is 0. The van der Waals surface area contributed by atoms with Gasteiger partial charge in [-0.15, -0.1) is 0 Å². The first-order valence-electron chi connectivity index (χ1n) is 7.87. The van der Waals surface area contributed by atoms with Gasteiger partial charge in [-0.1, -0.05) is 38.5 Å². The number of hydrogen-bond donors (Lipinski definition) is 2. The van der Waals surface area contributed by atoms with Gasteiger partial charge in [0.25, 0.3) is 0 Å². The summed E-state index contributed by atoms with van der Waals surface area (Å²) in [7, 11) is 0. The van der Waals surface area contributed by atoms with Crippen molar-refractivity contribution in [1.82, 2.24) is 5.32 Å². The lowest BCUT2D eigenvalue weighted by atomic mass is 9.95. The highest BCUT2D eigenvalue weighted by Crippen LogP contribution is 2.20. The van der Waals surface area contributed by atoms with E-state index in [0.29, 0.717) is 25.3 Å². The summed E-state index contributed by atoms with van der Waals surface area (Å²) in [6, 6.07) is 0.628. The molecular weight excluding hydrogens is 226 g/mol. The third-order valence-electron chi connectivity index (χ3n) is 4.32. The zero-order valence-corrected chi connectivity index (χ0v) is 11.6. The predicted molar refractivity (Wildman–Crippen MR) is 73.7 cm³/mol. The Kier molecular flexibility index (Phi) is 6.46. The molecule has 2 rings (SSSR count). The Labute approximate surface area is 111 Å². The van der Waals surface area contributed by atoms with Crippen LogP contribution in [0.1, 0.15) is 64.2 Å². The average Bonchev–Trinajstić information content (AvgIpc) is 2.45. The number of rotatable bonds is 6. The Balaban J connectivity index is 1.52. The smallest absolute Gasteiger partial charge is 0.0897 e. The summed E-state index contributed by atoms with van der Waals surface area (Å²) in [5.74, 6) is 0. The molecule has 0 aromatic heterocycles. The lowest BCUT2D eigenvalue weighted by molar-refractivity contribution is -0.0238. The van der Waals surface area contributed by atoms with Crippen LogP contribution in [-0.2, 0) is 4.74 Å². The van der Waals surface area contributed by atoms with Crippen LogP contribution in [0, 0.1) is 0 Å². The molecule has 0 spiro atoms. The minimum absolute atomic E-state index is 0.339. The fourth-order valence-corrected chi connectivity index (χ4v) is 3.15. The highest BCUT2D eigenvalue weighted by molar-refractivity contribution is 4.74. The number of nitrogens with one attached hydrogen (secondary N) is 1. The quantitative estimate of drug-likeness (QED) is 0.766. The molecule has 3 nitrogen and oxygen atoms in total. The molecule has 106 valence electrons. The van der Waals surface area contributed by atoms with Crippen molar-refractivity contribution >= 4 is 0 Å². The SMILES string of the molecule is OC(CNC1CCCCC1)COC1CCCCC1. The summed E-state index contributed by atoms with van der Waals surface area (Å²) in [6.45, 7) is 1.20. The van der Waals surface area contributed by atoms with Crippen LogP contribution in [0.3, 0.4) is 0 Å². The van der Waals surface area contributed by atoms with Crippen LogP contribution in [0.15, 0.2) is 0 Å². The van der Waals surface area contributed by atoms with Crippen molar-refractivity contribution in [3.05, 3.63) is 0 Å². The standard InChI is InChI=1S/C15H29NO2/c17-14(11-16-13-7-3-1-4-8-13)12-18-15-9-5-2-6-10-15/h13-17H,1-12H2. The molecular formula is C15H29NO2. The van der Waals surface area contributed by atoms with E-state index in [1.165, 1.54) is 64.2 Å². The first-order valence-corrected chi connectivity index (χ1v) is 7.87. The van der Waals surface area contributed by atoms with Crippen molar-refractivity contribution in [2.45, 2.75) is 82.5 Å². The maximum Gasteiger partial charge on any atom is 0.0897 e. The van der Waals surface area contributed by atoms with Gasteiger partial charge in [-0.05, 0) is 25.7 Å². The maximum atomic E-state index is 9.92. The van der Waals surface area contributed by atoms with Crippen molar-refractivity contribution < 1.29 is 9.84 Å². The molecule has 0 radical (unpaired) electrons. The molecule has 0 saturated heterocycles. The molecule has 0 bridgehead atoms. The molecule has 2 aliphatic carbocycles.